The van der Waals surface area contributed by atoms with E-state index in [1.807, 2.05) is 12.1 Å². The maximum absolute atomic E-state index is 10.2. The van der Waals surface area contributed by atoms with Gasteiger partial charge < -0.3 is 10.5 Å². The number of fused-ring (bicyclic) bond motifs is 4. The van der Waals surface area contributed by atoms with Gasteiger partial charge in [-0.3, -0.25) is 0 Å². The summed E-state index contributed by atoms with van der Waals surface area (Å²) in [6.07, 6.45) is 0. The molecule has 0 aliphatic rings. The first kappa shape index (κ1) is 12.5. The van der Waals surface area contributed by atoms with Gasteiger partial charge in [0.2, 0.25) is 0 Å². The van der Waals surface area contributed by atoms with Crippen LogP contribution in [-0.4, -0.2) is 15.1 Å². The van der Waals surface area contributed by atoms with E-state index in [4.69, 9.17) is 17.0 Å². The second-order valence-corrected chi connectivity index (χ2v) is 6.06. The van der Waals surface area contributed by atoms with Crippen molar-refractivity contribution in [3.8, 4) is 5.75 Å². The van der Waals surface area contributed by atoms with Crippen LogP contribution in [0, 0.1) is 5.41 Å². The number of nitrogens with one attached hydrogen (secondary N) is 1. The third-order valence-electron chi connectivity index (χ3n) is 3.32. The molecule has 0 atom stereocenters. The maximum Gasteiger partial charge on any atom is 0.144 e. The van der Waals surface area contributed by atoms with Crippen LogP contribution in [0.15, 0.2) is 36.4 Å². The number of phenols is 1. The van der Waals surface area contributed by atoms with Gasteiger partial charge in [-0.2, -0.15) is 0 Å². The van der Waals surface area contributed by atoms with Crippen LogP contribution < -0.4 is 5.36 Å². The van der Waals surface area contributed by atoms with E-state index in [2.05, 4.69) is 9.97 Å². The first-order chi connectivity index (χ1) is 10.1. The van der Waals surface area contributed by atoms with Crippen molar-refractivity contribution < 1.29 is 5.11 Å². The van der Waals surface area contributed by atoms with Crippen LogP contribution in [0.3, 0.4) is 0 Å². The van der Waals surface area contributed by atoms with Crippen molar-refractivity contribution in [2.24, 2.45) is 0 Å². The third kappa shape index (κ3) is 1.86. The Balaban J connectivity index is 2.28. The Hall–Kier alpha value is -2.24. The summed E-state index contributed by atoms with van der Waals surface area (Å²) in [6.45, 7) is 0. The van der Waals surface area contributed by atoms with E-state index in [1.165, 1.54) is 11.3 Å². The Morgan fingerprint density at radius 2 is 2.00 bits per heavy atom. The molecule has 0 amide bonds. The van der Waals surface area contributed by atoms with E-state index in [9.17, 15) is 5.11 Å². The van der Waals surface area contributed by atoms with Gasteiger partial charge in [-0.25, -0.2) is 9.97 Å². The van der Waals surface area contributed by atoms with Crippen LogP contribution in [0.25, 0.3) is 31.3 Å². The van der Waals surface area contributed by atoms with Gasteiger partial charge in [0.1, 0.15) is 15.7 Å². The van der Waals surface area contributed by atoms with E-state index in [1.54, 1.807) is 24.3 Å². The molecule has 0 saturated carbocycles. The van der Waals surface area contributed by atoms with Crippen molar-refractivity contribution in [3.05, 3.63) is 46.9 Å². The SMILES string of the molecule is N=c1cccc2c1c(O)cc1sc3nc(Cl)ccc3nc12. The second-order valence-electron chi connectivity index (χ2n) is 4.64. The summed E-state index contributed by atoms with van der Waals surface area (Å²) in [7, 11) is 0. The highest BCUT2D eigenvalue weighted by Gasteiger charge is 2.11. The highest BCUT2D eigenvalue weighted by atomic mass is 35.5. The minimum atomic E-state index is 0.0857. The summed E-state index contributed by atoms with van der Waals surface area (Å²) in [5, 5.41) is 20.1. The quantitative estimate of drug-likeness (QED) is 0.294. The number of aromatic hydroxyl groups is 1. The number of pyridine rings is 1. The van der Waals surface area contributed by atoms with Gasteiger partial charge in [-0.15, -0.1) is 11.3 Å². The van der Waals surface area contributed by atoms with Crippen molar-refractivity contribution in [2.45, 2.75) is 0 Å². The van der Waals surface area contributed by atoms with Gasteiger partial charge in [0.05, 0.1) is 26.5 Å². The molecule has 0 radical (unpaired) electrons. The molecule has 0 saturated heterocycles. The molecule has 2 N–H and O–H groups in total. The van der Waals surface area contributed by atoms with Gasteiger partial charge >= 0.3 is 0 Å². The molecule has 6 heteroatoms. The summed E-state index contributed by atoms with van der Waals surface area (Å²) in [4.78, 5) is 9.60. The van der Waals surface area contributed by atoms with E-state index >= 15 is 0 Å². The number of phenolic OH excluding ortho intramolecular Hbond substituents is 1. The van der Waals surface area contributed by atoms with Crippen molar-refractivity contribution >= 4 is 54.3 Å². The Morgan fingerprint density at radius 1 is 1.14 bits per heavy atom. The summed E-state index contributed by atoms with van der Waals surface area (Å²) in [5.41, 5.74) is 1.51. The van der Waals surface area contributed by atoms with Crippen LogP contribution >= 0.6 is 22.9 Å². The summed E-state index contributed by atoms with van der Waals surface area (Å²) >= 11 is 7.33. The number of halogens is 1. The highest BCUT2D eigenvalue weighted by molar-refractivity contribution is 7.24. The Labute approximate surface area is 127 Å². The van der Waals surface area contributed by atoms with Crippen LogP contribution in [0.5, 0.6) is 5.75 Å². The zero-order chi connectivity index (χ0) is 14.6. The van der Waals surface area contributed by atoms with Crippen molar-refractivity contribution in [1.29, 1.82) is 5.41 Å². The van der Waals surface area contributed by atoms with Crippen LogP contribution in [0.2, 0.25) is 5.15 Å². The Bertz CT molecular complexity index is 1090. The number of rotatable bonds is 0. The standard InChI is InChI=1S/C15H8ClN3OS/c16-12-5-4-9-15(19-12)21-11-6-10(20)13-7(14(11)18-9)2-1-3-8(13)17/h1-6,17,20H. The number of aromatic nitrogens is 2. The lowest BCUT2D eigenvalue weighted by Crippen LogP contribution is -1.99. The molecular formula is C15H8ClN3OS. The maximum atomic E-state index is 10.2. The minimum Gasteiger partial charge on any atom is -0.507 e. The number of hydrogen-bond acceptors (Lipinski definition) is 5. The minimum absolute atomic E-state index is 0.0857. The Kier molecular flexibility index (Phi) is 2.60. The molecular weight excluding hydrogens is 306 g/mol. The molecule has 2 heterocycles. The molecule has 21 heavy (non-hydrogen) atoms. The first-order valence-corrected chi connectivity index (χ1v) is 7.39. The van der Waals surface area contributed by atoms with Gasteiger partial charge in [0.25, 0.3) is 0 Å². The average Bonchev–Trinajstić information content (AvgIpc) is 2.45. The molecule has 0 unspecified atom stereocenters. The van der Waals surface area contributed by atoms with Gasteiger partial charge in [-0.05, 0) is 18.2 Å². The topological polar surface area (TPSA) is 69.9 Å². The van der Waals surface area contributed by atoms with E-state index in [-0.39, 0.29) is 11.1 Å². The van der Waals surface area contributed by atoms with E-state index < -0.39 is 0 Å². The predicted molar refractivity (Wildman–Crippen MR) is 85.0 cm³/mol. The normalized spacial score (nSPS) is 11.5. The zero-order valence-electron chi connectivity index (χ0n) is 10.6. The second kappa shape index (κ2) is 4.38. The summed E-state index contributed by atoms with van der Waals surface area (Å²) in [6, 6.07) is 10.5. The number of benzene rings is 2. The lowest BCUT2D eigenvalue weighted by Gasteiger charge is -2.06. The molecule has 0 bridgehead atoms. The van der Waals surface area contributed by atoms with Gasteiger partial charge in [0.15, 0.2) is 0 Å². The lowest BCUT2D eigenvalue weighted by atomic mass is 10.1. The fourth-order valence-electron chi connectivity index (χ4n) is 2.41. The summed E-state index contributed by atoms with van der Waals surface area (Å²) in [5.74, 6) is 0.0857. The van der Waals surface area contributed by atoms with Crippen molar-refractivity contribution in [2.75, 3.05) is 0 Å². The third-order valence-corrected chi connectivity index (χ3v) is 4.56. The molecule has 0 spiro atoms. The van der Waals surface area contributed by atoms with Gasteiger partial charge in [0, 0.05) is 11.5 Å². The molecule has 2 aromatic carbocycles. The smallest absolute Gasteiger partial charge is 0.144 e. The van der Waals surface area contributed by atoms with Crippen LogP contribution in [0.1, 0.15) is 0 Å². The van der Waals surface area contributed by atoms with E-state index in [0.717, 1.165) is 25.9 Å². The monoisotopic (exact) mass is 313 g/mol. The Morgan fingerprint density at radius 3 is 2.86 bits per heavy atom. The van der Waals surface area contributed by atoms with Crippen molar-refractivity contribution in [1.82, 2.24) is 9.97 Å². The first-order valence-electron chi connectivity index (χ1n) is 6.20. The average molecular weight is 314 g/mol. The molecule has 4 nitrogen and oxygen atoms in total. The zero-order valence-corrected chi connectivity index (χ0v) is 12.2. The number of nitrogens with zero attached hydrogens (tertiary/aromatic N) is 2. The highest BCUT2D eigenvalue weighted by Crippen LogP contribution is 2.34. The molecule has 4 aromatic rings. The fraction of sp³-hybridized carbons (Fsp3) is 0. The largest absolute Gasteiger partial charge is 0.507 e. The molecule has 0 aliphatic heterocycles. The molecule has 0 aliphatic carbocycles. The molecule has 4 rings (SSSR count). The molecule has 0 fully saturated rings. The number of hydrogen-bond donors (Lipinski definition) is 2. The lowest BCUT2D eigenvalue weighted by molar-refractivity contribution is 0.482. The van der Waals surface area contributed by atoms with Crippen LogP contribution in [-0.2, 0) is 0 Å². The van der Waals surface area contributed by atoms with E-state index in [0.29, 0.717) is 10.5 Å². The molecule has 2 aromatic heterocycles. The predicted octanol–water partition coefficient (Wildman–Crippen LogP) is 3.84. The van der Waals surface area contributed by atoms with Crippen molar-refractivity contribution in [3.63, 3.8) is 0 Å². The van der Waals surface area contributed by atoms with Crippen LogP contribution in [0.4, 0.5) is 0 Å². The summed E-state index contributed by atoms with van der Waals surface area (Å²) < 4.78 is 0.813. The van der Waals surface area contributed by atoms with Gasteiger partial charge in [-0.1, -0.05) is 23.7 Å². The molecule has 102 valence electrons. The fourth-order valence-corrected chi connectivity index (χ4v) is 3.60.